The predicted molar refractivity (Wildman–Crippen MR) is 89.6 cm³/mol. The molecule has 0 aromatic heterocycles. The Morgan fingerprint density at radius 3 is 2.05 bits per heavy atom. The fraction of sp³-hybridized carbons (Fsp3) is 0.429. The lowest BCUT2D eigenvalue weighted by Crippen LogP contribution is -2.50. The number of halogens is 2. The highest BCUT2D eigenvalue weighted by atomic mass is 79.9. The molecule has 7 heteroatoms. The van der Waals surface area contributed by atoms with Crippen molar-refractivity contribution in [3.05, 3.63) is 26.6 Å². The summed E-state index contributed by atoms with van der Waals surface area (Å²) in [6, 6.07) is 2.17. The highest BCUT2D eigenvalue weighted by molar-refractivity contribution is 9.11. The molecule has 1 rings (SSSR count). The van der Waals surface area contributed by atoms with Gasteiger partial charge in [-0.25, -0.2) is 9.59 Å². The summed E-state index contributed by atoms with van der Waals surface area (Å²) in [5.41, 5.74) is 0.985. The van der Waals surface area contributed by atoms with Crippen molar-refractivity contribution >= 4 is 49.5 Å². The van der Waals surface area contributed by atoms with Gasteiger partial charge in [0.25, 0.3) is 0 Å². The second-order valence-electron chi connectivity index (χ2n) is 5.84. The molecule has 21 heavy (non-hydrogen) atoms. The largest absolute Gasteiger partial charge is 0.480 e. The molecular weight excluding hydrogens is 404 g/mol. The van der Waals surface area contributed by atoms with Crippen LogP contribution in [0.4, 0.5) is 10.5 Å². The van der Waals surface area contributed by atoms with E-state index in [2.05, 4.69) is 42.5 Å². The minimum absolute atomic E-state index is 0.552. The molecule has 0 heterocycles. The first-order valence-electron chi connectivity index (χ1n) is 6.28. The number of aliphatic carboxylic acids is 1. The van der Waals surface area contributed by atoms with Gasteiger partial charge in [-0.15, -0.1) is 0 Å². The zero-order valence-corrected chi connectivity index (χ0v) is 15.4. The fourth-order valence-corrected chi connectivity index (χ4v) is 3.36. The Balaban J connectivity index is 2.90. The number of carbonyl (C=O) groups excluding carboxylic acids is 1. The number of aryl methyl sites for hydroxylation is 1. The highest BCUT2D eigenvalue weighted by Gasteiger charge is 2.32. The summed E-state index contributed by atoms with van der Waals surface area (Å²) >= 11 is 6.74. The number of carboxylic acids is 1. The molecule has 3 N–H and O–H groups in total. The van der Waals surface area contributed by atoms with Crippen molar-refractivity contribution in [3.63, 3.8) is 0 Å². The molecule has 1 aromatic carbocycles. The summed E-state index contributed by atoms with van der Waals surface area (Å²) in [7, 11) is 0. The van der Waals surface area contributed by atoms with Crippen LogP contribution in [0.25, 0.3) is 0 Å². The van der Waals surface area contributed by atoms with Crippen LogP contribution in [0.15, 0.2) is 21.1 Å². The van der Waals surface area contributed by atoms with Crippen LogP contribution in [-0.2, 0) is 4.79 Å². The number of anilines is 1. The lowest BCUT2D eigenvalue weighted by atomic mass is 9.87. The first-order valence-corrected chi connectivity index (χ1v) is 7.87. The molecule has 1 unspecified atom stereocenters. The van der Waals surface area contributed by atoms with Crippen LogP contribution in [0.2, 0.25) is 0 Å². The monoisotopic (exact) mass is 420 g/mol. The number of nitrogens with one attached hydrogen (secondary N) is 2. The third-order valence-corrected chi connectivity index (χ3v) is 4.06. The van der Waals surface area contributed by atoms with Gasteiger partial charge >= 0.3 is 12.0 Å². The number of rotatable bonds is 3. The number of urea groups is 1. The first kappa shape index (κ1) is 18.0. The Kier molecular flexibility index (Phi) is 5.81. The molecular formula is C14H18Br2N2O3. The Labute approximate surface area is 140 Å². The lowest BCUT2D eigenvalue weighted by Gasteiger charge is -2.27. The minimum Gasteiger partial charge on any atom is -0.480 e. The molecule has 0 bridgehead atoms. The zero-order chi connectivity index (χ0) is 16.4. The van der Waals surface area contributed by atoms with Crippen molar-refractivity contribution in [3.8, 4) is 0 Å². The van der Waals surface area contributed by atoms with Gasteiger partial charge in [-0.2, -0.15) is 0 Å². The molecule has 1 aromatic rings. The van der Waals surface area contributed by atoms with Gasteiger partial charge in [-0.1, -0.05) is 20.8 Å². The third-order valence-electron chi connectivity index (χ3n) is 2.81. The van der Waals surface area contributed by atoms with Crippen molar-refractivity contribution in [2.45, 2.75) is 33.7 Å². The SMILES string of the molecule is Cc1cc(Br)c(NC(=O)NC(C(=O)O)C(C)(C)C)c(Br)c1. The van der Waals surface area contributed by atoms with E-state index in [-0.39, 0.29) is 0 Å². The van der Waals surface area contributed by atoms with Crippen LogP contribution in [0.1, 0.15) is 26.3 Å². The summed E-state index contributed by atoms with van der Waals surface area (Å²) in [5.74, 6) is -1.07. The quantitative estimate of drug-likeness (QED) is 0.686. The van der Waals surface area contributed by atoms with Gasteiger partial charge in [0.1, 0.15) is 6.04 Å². The Morgan fingerprint density at radius 1 is 1.19 bits per heavy atom. The second-order valence-corrected chi connectivity index (χ2v) is 7.55. The molecule has 0 fully saturated rings. The van der Waals surface area contributed by atoms with Gasteiger partial charge in [0, 0.05) is 8.95 Å². The molecule has 0 spiro atoms. The molecule has 0 aliphatic carbocycles. The maximum Gasteiger partial charge on any atom is 0.326 e. The number of hydrogen-bond acceptors (Lipinski definition) is 2. The smallest absolute Gasteiger partial charge is 0.326 e. The van der Waals surface area contributed by atoms with E-state index in [1.54, 1.807) is 20.8 Å². The zero-order valence-electron chi connectivity index (χ0n) is 12.3. The van der Waals surface area contributed by atoms with E-state index in [1.807, 2.05) is 19.1 Å². The van der Waals surface area contributed by atoms with Crippen molar-refractivity contribution in [2.24, 2.45) is 5.41 Å². The van der Waals surface area contributed by atoms with Crippen LogP contribution in [0, 0.1) is 12.3 Å². The highest BCUT2D eigenvalue weighted by Crippen LogP contribution is 2.32. The molecule has 1 atom stereocenters. The number of carboxylic acid groups (broad SMARTS) is 1. The Hall–Kier alpha value is -1.08. The van der Waals surface area contributed by atoms with Crippen LogP contribution in [0.5, 0.6) is 0 Å². The van der Waals surface area contributed by atoms with E-state index in [9.17, 15) is 14.7 Å². The maximum atomic E-state index is 12.0. The van der Waals surface area contributed by atoms with Crippen molar-refractivity contribution in [2.75, 3.05) is 5.32 Å². The molecule has 0 aliphatic heterocycles. The normalized spacial score (nSPS) is 12.7. The number of amides is 2. The molecule has 2 amide bonds. The van der Waals surface area contributed by atoms with Crippen LogP contribution in [0.3, 0.4) is 0 Å². The van der Waals surface area contributed by atoms with E-state index in [0.717, 1.165) is 5.56 Å². The fourth-order valence-electron chi connectivity index (χ4n) is 1.75. The lowest BCUT2D eigenvalue weighted by molar-refractivity contribution is -0.141. The third kappa shape index (κ3) is 5.00. The summed E-state index contributed by atoms with van der Waals surface area (Å²) in [4.78, 5) is 23.3. The summed E-state index contributed by atoms with van der Waals surface area (Å²) < 4.78 is 1.43. The predicted octanol–water partition coefficient (Wildman–Crippen LogP) is 4.14. The van der Waals surface area contributed by atoms with Crippen LogP contribution < -0.4 is 10.6 Å². The number of carbonyl (C=O) groups is 2. The van der Waals surface area contributed by atoms with Gasteiger partial charge in [0.15, 0.2) is 0 Å². The number of hydrogen-bond donors (Lipinski definition) is 3. The van der Waals surface area contributed by atoms with Crippen molar-refractivity contribution < 1.29 is 14.7 Å². The van der Waals surface area contributed by atoms with E-state index in [4.69, 9.17) is 0 Å². The Bertz CT molecular complexity index is 545. The Morgan fingerprint density at radius 2 is 1.67 bits per heavy atom. The summed E-state index contributed by atoms with van der Waals surface area (Å²) in [6.07, 6.45) is 0. The van der Waals surface area contributed by atoms with Gasteiger partial charge in [-0.05, 0) is 61.9 Å². The average molecular weight is 422 g/mol. The summed E-state index contributed by atoms with van der Waals surface area (Å²) in [6.45, 7) is 7.19. The molecule has 0 radical (unpaired) electrons. The van der Waals surface area contributed by atoms with Crippen molar-refractivity contribution in [1.82, 2.24) is 5.32 Å². The van der Waals surface area contributed by atoms with Crippen molar-refractivity contribution in [1.29, 1.82) is 0 Å². The number of benzene rings is 1. The maximum absolute atomic E-state index is 12.0. The van der Waals surface area contributed by atoms with Gasteiger partial charge in [-0.3, -0.25) is 0 Å². The van der Waals surface area contributed by atoms with Gasteiger partial charge in [0.2, 0.25) is 0 Å². The minimum atomic E-state index is -1.07. The topological polar surface area (TPSA) is 78.4 Å². The molecule has 5 nitrogen and oxygen atoms in total. The first-order chi connectivity index (χ1) is 9.52. The van der Waals surface area contributed by atoms with E-state index in [0.29, 0.717) is 14.6 Å². The van der Waals surface area contributed by atoms with Gasteiger partial charge < -0.3 is 15.7 Å². The standard InChI is InChI=1S/C14H18Br2N2O3/c1-7-5-8(15)10(9(16)6-7)17-13(21)18-11(12(19)20)14(2,3)4/h5-6,11H,1-4H3,(H,19,20)(H2,17,18,21). The second kappa shape index (κ2) is 6.79. The van der Waals surface area contributed by atoms with Crippen LogP contribution in [-0.4, -0.2) is 23.1 Å². The molecule has 0 saturated heterocycles. The van der Waals surface area contributed by atoms with E-state index >= 15 is 0 Å². The van der Waals surface area contributed by atoms with E-state index < -0.39 is 23.5 Å². The molecule has 0 saturated carbocycles. The molecule has 0 aliphatic rings. The summed E-state index contributed by atoms with van der Waals surface area (Å²) in [5, 5.41) is 14.3. The van der Waals surface area contributed by atoms with Gasteiger partial charge in [0.05, 0.1) is 5.69 Å². The molecule has 116 valence electrons. The van der Waals surface area contributed by atoms with E-state index in [1.165, 1.54) is 0 Å². The average Bonchev–Trinajstić information content (AvgIpc) is 2.28. The van der Waals surface area contributed by atoms with Crippen LogP contribution >= 0.6 is 31.9 Å².